The first kappa shape index (κ1) is 19.6. The van der Waals surface area contributed by atoms with Crippen molar-refractivity contribution in [2.24, 2.45) is 0 Å². The lowest BCUT2D eigenvalue weighted by Crippen LogP contribution is -2.26. The predicted octanol–water partition coefficient (Wildman–Crippen LogP) is 4.06. The molecule has 0 saturated heterocycles. The van der Waals surface area contributed by atoms with Gasteiger partial charge in [-0.2, -0.15) is 0 Å². The van der Waals surface area contributed by atoms with Gasteiger partial charge in [-0.05, 0) is 55.6 Å². The van der Waals surface area contributed by atoms with Crippen LogP contribution in [0.1, 0.15) is 17.3 Å². The van der Waals surface area contributed by atoms with Crippen LogP contribution in [0.3, 0.4) is 0 Å². The van der Waals surface area contributed by atoms with Gasteiger partial charge in [-0.3, -0.25) is 4.31 Å². The Balaban J connectivity index is 2.39. The van der Waals surface area contributed by atoms with Gasteiger partial charge in [0, 0.05) is 11.9 Å². The number of hydrogen-bond acceptors (Lipinski definition) is 5. The van der Waals surface area contributed by atoms with Gasteiger partial charge >= 0.3 is 5.97 Å². The van der Waals surface area contributed by atoms with E-state index in [9.17, 15) is 13.2 Å². The molecule has 0 aliphatic rings. The number of esters is 1. The maximum atomic E-state index is 12.8. The van der Waals surface area contributed by atoms with Gasteiger partial charge in [0.1, 0.15) is 0 Å². The Morgan fingerprint density at radius 2 is 1.84 bits per heavy atom. The molecule has 0 N–H and O–H groups in total. The fraction of sp³-hybridized carbons (Fsp3) is 0.235. The van der Waals surface area contributed by atoms with E-state index < -0.39 is 16.0 Å². The Hall–Kier alpha value is -1.70. The molecule has 0 spiro atoms. The molecule has 5 nitrogen and oxygen atoms in total. The third-order valence-electron chi connectivity index (χ3n) is 3.53. The average molecular weight is 400 g/mol. The number of benzene rings is 2. The van der Waals surface area contributed by atoms with Gasteiger partial charge < -0.3 is 4.74 Å². The summed E-state index contributed by atoms with van der Waals surface area (Å²) in [6, 6.07) is 11.0. The number of ether oxygens (including phenoxy) is 1. The zero-order valence-corrected chi connectivity index (χ0v) is 16.4. The largest absolute Gasteiger partial charge is 0.462 e. The minimum absolute atomic E-state index is 0.126. The molecule has 0 radical (unpaired) electrons. The lowest BCUT2D eigenvalue weighted by molar-refractivity contribution is 0.0526. The van der Waals surface area contributed by atoms with Crippen LogP contribution >= 0.6 is 23.4 Å². The molecule has 134 valence electrons. The molecular formula is C17H18ClNO4S2. The average Bonchev–Trinajstić information content (AvgIpc) is 2.61. The highest BCUT2D eigenvalue weighted by atomic mass is 35.5. The van der Waals surface area contributed by atoms with Gasteiger partial charge in [-0.1, -0.05) is 11.6 Å². The Labute approximate surface area is 157 Å². The Kier molecular flexibility index (Phi) is 6.37. The topological polar surface area (TPSA) is 63.7 Å². The van der Waals surface area contributed by atoms with Crippen LogP contribution in [0.5, 0.6) is 0 Å². The van der Waals surface area contributed by atoms with E-state index in [1.807, 2.05) is 6.26 Å². The minimum atomic E-state index is -3.76. The van der Waals surface area contributed by atoms with Gasteiger partial charge in [0.05, 0.1) is 27.8 Å². The summed E-state index contributed by atoms with van der Waals surface area (Å²) in [7, 11) is -2.33. The molecule has 8 heteroatoms. The second kappa shape index (κ2) is 8.12. The molecule has 0 aliphatic carbocycles. The summed E-state index contributed by atoms with van der Waals surface area (Å²) in [6.07, 6.45) is 1.92. The molecule has 2 aromatic carbocycles. The lowest BCUT2D eigenvalue weighted by Gasteiger charge is -2.20. The highest BCUT2D eigenvalue weighted by molar-refractivity contribution is 7.98. The molecule has 0 unspecified atom stereocenters. The van der Waals surface area contributed by atoms with Crippen LogP contribution in [-0.2, 0) is 14.8 Å². The summed E-state index contributed by atoms with van der Waals surface area (Å²) in [5, 5.41) is 0.206. The van der Waals surface area contributed by atoms with E-state index in [0.29, 0.717) is 5.69 Å². The summed E-state index contributed by atoms with van der Waals surface area (Å²) in [5.41, 5.74) is 0.446. The first-order chi connectivity index (χ1) is 11.8. The smallest absolute Gasteiger partial charge is 0.339 e. The quantitative estimate of drug-likeness (QED) is 0.541. The molecule has 0 atom stereocenters. The lowest BCUT2D eigenvalue weighted by atomic mass is 10.2. The molecule has 0 aromatic heterocycles. The number of carbonyl (C=O) groups excluding carboxylic acids is 1. The van der Waals surface area contributed by atoms with Crippen LogP contribution in [-0.4, -0.2) is 34.3 Å². The summed E-state index contributed by atoms with van der Waals surface area (Å²) in [4.78, 5) is 13.1. The summed E-state index contributed by atoms with van der Waals surface area (Å²) < 4.78 is 31.6. The number of hydrogen-bond donors (Lipinski definition) is 0. The van der Waals surface area contributed by atoms with Gasteiger partial charge in [0.2, 0.25) is 0 Å². The van der Waals surface area contributed by atoms with Crippen molar-refractivity contribution in [3.8, 4) is 0 Å². The van der Waals surface area contributed by atoms with Crippen molar-refractivity contribution in [1.29, 1.82) is 0 Å². The maximum absolute atomic E-state index is 12.8. The zero-order valence-electron chi connectivity index (χ0n) is 14.0. The number of halogens is 1. The van der Waals surface area contributed by atoms with E-state index >= 15 is 0 Å². The van der Waals surface area contributed by atoms with Crippen LogP contribution < -0.4 is 4.31 Å². The van der Waals surface area contributed by atoms with Gasteiger partial charge in [-0.25, -0.2) is 13.2 Å². The SMILES string of the molecule is CCOC(=O)c1cc(N(C)S(=O)(=O)c2ccc(SC)cc2)ccc1Cl. The highest BCUT2D eigenvalue weighted by Gasteiger charge is 2.23. The molecule has 0 saturated carbocycles. The van der Waals surface area contributed by atoms with Crippen LogP contribution in [0.4, 0.5) is 5.69 Å². The van der Waals surface area contributed by atoms with E-state index in [-0.39, 0.29) is 22.1 Å². The summed E-state index contributed by atoms with van der Waals surface area (Å²) in [5.74, 6) is -0.593. The number of rotatable bonds is 6. The molecule has 0 aliphatic heterocycles. The molecule has 0 fully saturated rings. The molecule has 0 amide bonds. The van der Waals surface area contributed by atoms with E-state index in [1.165, 1.54) is 30.9 Å². The third kappa shape index (κ3) is 4.29. The van der Waals surface area contributed by atoms with Crippen molar-refractivity contribution in [2.45, 2.75) is 16.7 Å². The second-order valence-corrected chi connectivity index (χ2v) is 8.29. The van der Waals surface area contributed by atoms with Crippen LogP contribution in [0.2, 0.25) is 5.02 Å². The van der Waals surface area contributed by atoms with Crippen molar-refractivity contribution in [1.82, 2.24) is 0 Å². The number of sulfonamides is 1. The van der Waals surface area contributed by atoms with E-state index in [1.54, 1.807) is 37.3 Å². The normalized spacial score (nSPS) is 11.2. The molecular weight excluding hydrogens is 382 g/mol. The van der Waals surface area contributed by atoms with Crippen molar-refractivity contribution in [2.75, 3.05) is 24.2 Å². The first-order valence-electron chi connectivity index (χ1n) is 7.41. The number of thioether (sulfide) groups is 1. The fourth-order valence-electron chi connectivity index (χ4n) is 2.12. The summed E-state index contributed by atoms with van der Waals surface area (Å²) in [6.45, 7) is 1.89. The second-order valence-electron chi connectivity index (χ2n) is 5.03. The number of nitrogens with zero attached hydrogens (tertiary/aromatic N) is 1. The monoisotopic (exact) mass is 399 g/mol. The van der Waals surface area contributed by atoms with Crippen LogP contribution in [0.25, 0.3) is 0 Å². The van der Waals surface area contributed by atoms with E-state index in [2.05, 4.69) is 0 Å². The maximum Gasteiger partial charge on any atom is 0.339 e. The third-order valence-corrected chi connectivity index (χ3v) is 6.40. The Morgan fingerprint density at radius 3 is 2.40 bits per heavy atom. The van der Waals surface area contributed by atoms with Crippen LogP contribution in [0.15, 0.2) is 52.3 Å². The molecule has 2 aromatic rings. The van der Waals surface area contributed by atoms with E-state index in [0.717, 1.165) is 9.20 Å². The Morgan fingerprint density at radius 1 is 1.20 bits per heavy atom. The number of carbonyl (C=O) groups is 1. The zero-order chi connectivity index (χ0) is 18.6. The standard InChI is InChI=1S/C17H18ClNO4S2/c1-4-23-17(20)15-11-12(5-10-16(15)18)19(2)25(21,22)14-8-6-13(24-3)7-9-14/h5-11H,4H2,1-3H3. The first-order valence-corrected chi connectivity index (χ1v) is 10.4. The highest BCUT2D eigenvalue weighted by Crippen LogP contribution is 2.28. The van der Waals surface area contributed by atoms with Crippen molar-refractivity contribution >= 4 is 45.0 Å². The van der Waals surface area contributed by atoms with Gasteiger partial charge in [0.25, 0.3) is 10.0 Å². The van der Waals surface area contributed by atoms with Gasteiger partial charge in [0.15, 0.2) is 0 Å². The summed E-state index contributed by atoms with van der Waals surface area (Å²) >= 11 is 7.55. The van der Waals surface area contributed by atoms with Crippen molar-refractivity contribution in [3.63, 3.8) is 0 Å². The van der Waals surface area contributed by atoms with Crippen molar-refractivity contribution in [3.05, 3.63) is 53.1 Å². The number of anilines is 1. The van der Waals surface area contributed by atoms with Crippen LogP contribution in [0, 0.1) is 0 Å². The molecule has 25 heavy (non-hydrogen) atoms. The molecule has 2 rings (SSSR count). The Bertz CT molecular complexity index is 867. The predicted molar refractivity (Wildman–Crippen MR) is 101 cm³/mol. The fourth-order valence-corrected chi connectivity index (χ4v) is 3.91. The minimum Gasteiger partial charge on any atom is -0.462 e. The van der Waals surface area contributed by atoms with Crippen molar-refractivity contribution < 1.29 is 17.9 Å². The van der Waals surface area contributed by atoms with E-state index in [4.69, 9.17) is 16.3 Å². The molecule has 0 heterocycles. The molecule has 0 bridgehead atoms. The van der Waals surface area contributed by atoms with Gasteiger partial charge in [-0.15, -0.1) is 11.8 Å².